The average molecular weight is 226 g/mol. The Kier molecular flexibility index (Phi) is 6.03. The molecule has 1 rings (SSSR count). The second-order valence-electron chi connectivity index (χ2n) is 4.80. The Bertz CT molecular complexity index is 195. The van der Waals surface area contributed by atoms with Gasteiger partial charge in [-0.05, 0) is 32.5 Å². The molecule has 3 nitrogen and oxygen atoms in total. The maximum absolute atomic E-state index is 5.43. The van der Waals surface area contributed by atoms with Gasteiger partial charge in [0.1, 0.15) is 0 Å². The molecule has 1 N–H and O–H groups in total. The summed E-state index contributed by atoms with van der Waals surface area (Å²) in [6, 6.07) is 0. The topological polar surface area (TPSA) is 24.5 Å². The highest BCUT2D eigenvalue weighted by molar-refractivity contribution is 4.88. The van der Waals surface area contributed by atoms with Gasteiger partial charge in [-0.3, -0.25) is 4.90 Å². The van der Waals surface area contributed by atoms with Crippen molar-refractivity contribution in [3.63, 3.8) is 0 Å². The molecule has 0 aromatic heterocycles. The van der Waals surface area contributed by atoms with Crippen LogP contribution in [-0.2, 0) is 4.74 Å². The molecule has 0 atom stereocenters. The molecule has 0 saturated carbocycles. The summed E-state index contributed by atoms with van der Waals surface area (Å²) in [5.74, 6) is 0. The molecule has 0 unspecified atom stereocenters. The summed E-state index contributed by atoms with van der Waals surface area (Å²) in [7, 11) is 1.81. The van der Waals surface area contributed by atoms with Crippen LogP contribution in [0.2, 0.25) is 0 Å². The standard InChI is InChI=1S/C13H26N2O/c1-4-10-15(5-2)11-13(12-16-3)6-8-14-9-7-13/h4,14H,1,5-12H2,2-3H3. The van der Waals surface area contributed by atoms with Gasteiger partial charge in [-0.2, -0.15) is 0 Å². The van der Waals surface area contributed by atoms with Crippen LogP contribution >= 0.6 is 0 Å². The van der Waals surface area contributed by atoms with E-state index >= 15 is 0 Å². The van der Waals surface area contributed by atoms with Crippen LogP contribution in [0.4, 0.5) is 0 Å². The molecule has 0 radical (unpaired) electrons. The third-order valence-corrected chi connectivity index (χ3v) is 3.51. The predicted octanol–water partition coefficient (Wildman–Crippen LogP) is 1.51. The lowest BCUT2D eigenvalue weighted by atomic mass is 9.79. The number of methoxy groups -OCH3 is 1. The first kappa shape index (κ1) is 13.7. The first-order valence-electron chi connectivity index (χ1n) is 6.29. The lowest BCUT2D eigenvalue weighted by molar-refractivity contribution is 0.0263. The Balaban J connectivity index is 2.56. The van der Waals surface area contributed by atoms with Gasteiger partial charge in [-0.1, -0.05) is 13.0 Å². The molecule has 1 fully saturated rings. The molecule has 0 aromatic carbocycles. The molecule has 0 amide bonds. The van der Waals surface area contributed by atoms with Gasteiger partial charge in [0.15, 0.2) is 0 Å². The number of nitrogens with zero attached hydrogens (tertiary/aromatic N) is 1. The normalized spacial score (nSPS) is 19.9. The van der Waals surface area contributed by atoms with Gasteiger partial charge in [-0.15, -0.1) is 6.58 Å². The van der Waals surface area contributed by atoms with Crippen molar-refractivity contribution in [1.82, 2.24) is 10.2 Å². The van der Waals surface area contributed by atoms with Crippen LogP contribution < -0.4 is 5.32 Å². The number of piperidine rings is 1. The van der Waals surface area contributed by atoms with Gasteiger partial charge in [0, 0.05) is 25.6 Å². The van der Waals surface area contributed by atoms with E-state index in [1.165, 1.54) is 12.8 Å². The van der Waals surface area contributed by atoms with Crippen molar-refractivity contribution in [3.05, 3.63) is 12.7 Å². The van der Waals surface area contributed by atoms with Gasteiger partial charge < -0.3 is 10.1 Å². The minimum Gasteiger partial charge on any atom is -0.384 e. The van der Waals surface area contributed by atoms with Gasteiger partial charge >= 0.3 is 0 Å². The number of rotatable bonds is 7. The van der Waals surface area contributed by atoms with Crippen molar-refractivity contribution in [2.24, 2.45) is 5.41 Å². The minimum absolute atomic E-state index is 0.346. The number of hydrogen-bond donors (Lipinski definition) is 1. The summed E-state index contributed by atoms with van der Waals surface area (Å²) >= 11 is 0. The van der Waals surface area contributed by atoms with Crippen LogP contribution in [-0.4, -0.2) is 51.3 Å². The van der Waals surface area contributed by atoms with E-state index < -0.39 is 0 Å². The fourth-order valence-electron chi connectivity index (χ4n) is 2.57. The van der Waals surface area contributed by atoms with E-state index in [1.807, 2.05) is 13.2 Å². The van der Waals surface area contributed by atoms with Crippen molar-refractivity contribution >= 4 is 0 Å². The summed E-state index contributed by atoms with van der Waals surface area (Å²) in [6.45, 7) is 12.4. The third-order valence-electron chi connectivity index (χ3n) is 3.51. The van der Waals surface area contributed by atoms with Gasteiger partial charge in [0.05, 0.1) is 6.61 Å². The van der Waals surface area contributed by atoms with Crippen molar-refractivity contribution < 1.29 is 4.74 Å². The number of hydrogen-bond acceptors (Lipinski definition) is 3. The van der Waals surface area contributed by atoms with E-state index in [-0.39, 0.29) is 0 Å². The molecular weight excluding hydrogens is 200 g/mol. The molecule has 16 heavy (non-hydrogen) atoms. The number of nitrogens with one attached hydrogen (secondary N) is 1. The molecule has 1 aliphatic rings. The van der Waals surface area contributed by atoms with Crippen molar-refractivity contribution in [2.45, 2.75) is 19.8 Å². The molecule has 94 valence electrons. The van der Waals surface area contributed by atoms with Crippen molar-refractivity contribution in [1.29, 1.82) is 0 Å². The largest absolute Gasteiger partial charge is 0.384 e. The third kappa shape index (κ3) is 3.89. The van der Waals surface area contributed by atoms with Crippen LogP contribution in [0.1, 0.15) is 19.8 Å². The highest BCUT2D eigenvalue weighted by Crippen LogP contribution is 2.30. The van der Waals surface area contributed by atoms with Gasteiger partial charge in [0.25, 0.3) is 0 Å². The van der Waals surface area contributed by atoms with E-state index in [0.717, 1.165) is 39.3 Å². The monoisotopic (exact) mass is 226 g/mol. The van der Waals surface area contributed by atoms with Crippen LogP contribution in [0.3, 0.4) is 0 Å². The minimum atomic E-state index is 0.346. The first-order chi connectivity index (χ1) is 7.76. The molecule has 0 spiro atoms. The maximum atomic E-state index is 5.43. The second kappa shape index (κ2) is 7.05. The molecule has 3 heteroatoms. The molecule has 1 aliphatic heterocycles. The predicted molar refractivity (Wildman–Crippen MR) is 68.7 cm³/mol. The van der Waals surface area contributed by atoms with Gasteiger partial charge in [-0.25, -0.2) is 0 Å². The van der Waals surface area contributed by atoms with E-state index in [1.54, 1.807) is 0 Å². The lowest BCUT2D eigenvalue weighted by Crippen LogP contribution is -2.47. The summed E-state index contributed by atoms with van der Waals surface area (Å²) < 4.78 is 5.43. The summed E-state index contributed by atoms with van der Waals surface area (Å²) in [4.78, 5) is 2.46. The Morgan fingerprint density at radius 2 is 2.12 bits per heavy atom. The Morgan fingerprint density at radius 3 is 2.62 bits per heavy atom. The molecule has 1 heterocycles. The van der Waals surface area contributed by atoms with Crippen LogP contribution in [0.15, 0.2) is 12.7 Å². The SMILES string of the molecule is C=CCN(CC)CC1(COC)CCNCC1. The van der Waals surface area contributed by atoms with E-state index in [9.17, 15) is 0 Å². The summed E-state index contributed by atoms with van der Waals surface area (Å²) in [5, 5.41) is 3.43. The van der Waals surface area contributed by atoms with Crippen molar-refractivity contribution in [2.75, 3.05) is 46.4 Å². The smallest absolute Gasteiger partial charge is 0.0531 e. The van der Waals surface area contributed by atoms with E-state index in [2.05, 4.69) is 23.7 Å². The number of likely N-dealkylation sites (N-methyl/N-ethyl adjacent to an activating group) is 1. The van der Waals surface area contributed by atoms with Crippen LogP contribution in [0.25, 0.3) is 0 Å². The Morgan fingerprint density at radius 1 is 1.44 bits per heavy atom. The lowest BCUT2D eigenvalue weighted by Gasteiger charge is -2.40. The second-order valence-corrected chi connectivity index (χ2v) is 4.80. The fourth-order valence-corrected chi connectivity index (χ4v) is 2.57. The highest BCUT2D eigenvalue weighted by Gasteiger charge is 2.33. The highest BCUT2D eigenvalue weighted by atomic mass is 16.5. The summed E-state index contributed by atoms with van der Waals surface area (Å²) in [6.07, 6.45) is 4.42. The zero-order valence-electron chi connectivity index (χ0n) is 10.8. The maximum Gasteiger partial charge on any atom is 0.0531 e. The van der Waals surface area contributed by atoms with Crippen LogP contribution in [0.5, 0.6) is 0 Å². The average Bonchev–Trinajstić information content (AvgIpc) is 2.30. The quantitative estimate of drug-likeness (QED) is 0.666. The molecule has 0 aliphatic carbocycles. The van der Waals surface area contributed by atoms with E-state index in [0.29, 0.717) is 5.41 Å². The Hall–Kier alpha value is -0.380. The zero-order chi connectivity index (χ0) is 11.9. The molecule has 0 bridgehead atoms. The first-order valence-corrected chi connectivity index (χ1v) is 6.29. The molecule has 0 aromatic rings. The zero-order valence-corrected chi connectivity index (χ0v) is 10.8. The molecular formula is C13H26N2O. The Labute approximate surface area is 99.8 Å². The van der Waals surface area contributed by atoms with Crippen LogP contribution in [0, 0.1) is 5.41 Å². The fraction of sp³-hybridized carbons (Fsp3) is 0.846. The van der Waals surface area contributed by atoms with Crippen molar-refractivity contribution in [3.8, 4) is 0 Å². The number of ether oxygens (including phenoxy) is 1. The summed E-state index contributed by atoms with van der Waals surface area (Å²) in [5.41, 5.74) is 0.346. The molecule has 1 saturated heterocycles. The van der Waals surface area contributed by atoms with E-state index in [4.69, 9.17) is 4.74 Å². The van der Waals surface area contributed by atoms with Gasteiger partial charge in [0.2, 0.25) is 0 Å².